The summed E-state index contributed by atoms with van der Waals surface area (Å²) in [6.07, 6.45) is 2.63. The van der Waals surface area contributed by atoms with E-state index in [2.05, 4.69) is 47.9 Å². The molecule has 2 aromatic rings. The summed E-state index contributed by atoms with van der Waals surface area (Å²) < 4.78 is 14.1. The summed E-state index contributed by atoms with van der Waals surface area (Å²) in [7, 11) is 0. The van der Waals surface area contributed by atoms with Crippen LogP contribution in [0, 0.1) is 17.7 Å². The average molecular weight is 367 g/mol. The van der Waals surface area contributed by atoms with Crippen LogP contribution in [0.15, 0.2) is 48.5 Å². The lowest BCUT2D eigenvalue weighted by molar-refractivity contribution is -0.00335. The minimum atomic E-state index is -0.136. The van der Waals surface area contributed by atoms with Crippen LogP contribution < -0.4 is 0 Å². The third-order valence-corrected chi connectivity index (χ3v) is 6.22. The molecule has 27 heavy (non-hydrogen) atoms. The number of fused-ring (bicyclic) bond motifs is 3. The standard InChI is InChI=1S/C24H31FN2/c1-18(2)15-27(24-17-26-12-10-20(24)11-13-26)16-21-14-22(25)8-9-23(21)19-6-4-3-5-7-19/h3-9,14,18,20,24H,10-13,15-17H2,1-2H3. The Kier molecular flexibility index (Phi) is 5.60. The van der Waals surface area contributed by atoms with Gasteiger partial charge in [0.15, 0.2) is 0 Å². The fourth-order valence-electron chi connectivity index (χ4n) is 4.94. The zero-order chi connectivity index (χ0) is 18.8. The second kappa shape index (κ2) is 8.12. The van der Waals surface area contributed by atoms with Crippen molar-refractivity contribution < 1.29 is 4.39 Å². The van der Waals surface area contributed by atoms with Crippen molar-refractivity contribution in [2.75, 3.05) is 26.2 Å². The molecule has 1 unspecified atom stereocenters. The van der Waals surface area contributed by atoms with Gasteiger partial charge >= 0.3 is 0 Å². The van der Waals surface area contributed by atoms with Gasteiger partial charge in [-0.05, 0) is 66.6 Å². The van der Waals surface area contributed by atoms with Crippen LogP contribution in [0.1, 0.15) is 32.3 Å². The normalized spacial score (nSPS) is 24.7. The Balaban J connectivity index is 1.64. The Bertz CT molecular complexity index is 750. The number of hydrogen-bond acceptors (Lipinski definition) is 2. The number of halogens is 1. The number of piperidine rings is 3. The highest BCUT2D eigenvalue weighted by Crippen LogP contribution is 2.33. The molecule has 0 radical (unpaired) electrons. The Morgan fingerprint density at radius 3 is 2.44 bits per heavy atom. The van der Waals surface area contributed by atoms with Crippen LogP contribution in [0.2, 0.25) is 0 Å². The predicted octanol–water partition coefficient (Wildman–Crippen LogP) is 5.04. The molecule has 0 spiro atoms. The van der Waals surface area contributed by atoms with Crippen molar-refractivity contribution in [1.29, 1.82) is 0 Å². The van der Waals surface area contributed by atoms with Gasteiger partial charge in [0.05, 0.1) is 0 Å². The largest absolute Gasteiger partial charge is 0.302 e. The van der Waals surface area contributed by atoms with Crippen LogP contribution in [-0.4, -0.2) is 42.0 Å². The number of hydrogen-bond donors (Lipinski definition) is 0. The van der Waals surface area contributed by atoms with Gasteiger partial charge in [-0.3, -0.25) is 4.90 Å². The first-order valence-electron chi connectivity index (χ1n) is 10.4. The summed E-state index contributed by atoms with van der Waals surface area (Å²) in [6, 6.07) is 16.3. The Morgan fingerprint density at radius 1 is 1.07 bits per heavy atom. The van der Waals surface area contributed by atoms with Crippen molar-refractivity contribution in [3.8, 4) is 11.1 Å². The molecule has 0 aliphatic carbocycles. The summed E-state index contributed by atoms with van der Waals surface area (Å²) in [6.45, 7) is 10.2. The van der Waals surface area contributed by atoms with Gasteiger partial charge in [0.25, 0.3) is 0 Å². The fraction of sp³-hybridized carbons (Fsp3) is 0.500. The summed E-state index contributed by atoms with van der Waals surface area (Å²) in [5.41, 5.74) is 3.44. The molecule has 3 fully saturated rings. The van der Waals surface area contributed by atoms with E-state index in [0.717, 1.165) is 30.1 Å². The summed E-state index contributed by atoms with van der Waals surface area (Å²) >= 11 is 0. The van der Waals surface area contributed by atoms with E-state index < -0.39 is 0 Å². The molecule has 3 heteroatoms. The van der Waals surface area contributed by atoms with Gasteiger partial charge in [-0.15, -0.1) is 0 Å². The lowest BCUT2D eigenvalue weighted by Gasteiger charge is -2.49. The molecule has 5 rings (SSSR count). The molecule has 3 heterocycles. The highest BCUT2D eigenvalue weighted by atomic mass is 19.1. The summed E-state index contributed by atoms with van der Waals surface area (Å²) in [5.74, 6) is 1.26. The topological polar surface area (TPSA) is 6.48 Å². The molecule has 0 saturated carbocycles. The molecule has 0 amide bonds. The molecule has 2 bridgehead atoms. The van der Waals surface area contributed by atoms with Crippen LogP contribution in [0.3, 0.4) is 0 Å². The molecule has 0 N–H and O–H groups in total. The summed E-state index contributed by atoms with van der Waals surface area (Å²) in [4.78, 5) is 5.25. The van der Waals surface area contributed by atoms with Crippen molar-refractivity contribution in [3.63, 3.8) is 0 Å². The van der Waals surface area contributed by atoms with E-state index in [9.17, 15) is 4.39 Å². The van der Waals surface area contributed by atoms with Crippen LogP contribution >= 0.6 is 0 Å². The average Bonchev–Trinajstić information content (AvgIpc) is 2.69. The van der Waals surface area contributed by atoms with Crippen molar-refractivity contribution in [2.24, 2.45) is 11.8 Å². The first kappa shape index (κ1) is 18.6. The van der Waals surface area contributed by atoms with E-state index in [0.29, 0.717) is 12.0 Å². The number of nitrogens with zero attached hydrogens (tertiary/aromatic N) is 2. The van der Waals surface area contributed by atoms with E-state index in [-0.39, 0.29) is 5.82 Å². The number of benzene rings is 2. The number of rotatable bonds is 6. The van der Waals surface area contributed by atoms with Gasteiger partial charge in [0, 0.05) is 25.7 Å². The maximum absolute atomic E-state index is 14.1. The van der Waals surface area contributed by atoms with Gasteiger partial charge in [-0.1, -0.05) is 50.2 Å². The maximum atomic E-state index is 14.1. The Morgan fingerprint density at radius 2 is 1.81 bits per heavy atom. The van der Waals surface area contributed by atoms with Crippen LogP contribution in [0.4, 0.5) is 4.39 Å². The van der Waals surface area contributed by atoms with Crippen molar-refractivity contribution in [1.82, 2.24) is 9.80 Å². The molecule has 1 atom stereocenters. The van der Waals surface area contributed by atoms with Crippen LogP contribution in [-0.2, 0) is 6.54 Å². The quantitative estimate of drug-likeness (QED) is 0.706. The lowest BCUT2D eigenvalue weighted by atomic mass is 9.82. The van der Waals surface area contributed by atoms with E-state index in [1.165, 1.54) is 38.0 Å². The van der Waals surface area contributed by atoms with E-state index in [1.807, 2.05) is 12.1 Å². The smallest absolute Gasteiger partial charge is 0.123 e. The van der Waals surface area contributed by atoms with Crippen molar-refractivity contribution in [2.45, 2.75) is 39.3 Å². The molecule has 2 nitrogen and oxygen atoms in total. The first-order chi connectivity index (χ1) is 13.1. The maximum Gasteiger partial charge on any atom is 0.123 e. The molecular formula is C24H31FN2. The van der Waals surface area contributed by atoms with Gasteiger partial charge in [-0.2, -0.15) is 0 Å². The van der Waals surface area contributed by atoms with Gasteiger partial charge in [0.1, 0.15) is 5.82 Å². The van der Waals surface area contributed by atoms with E-state index in [4.69, 9.17) is 0 Å². The van der Waals surface area contributed by atoms with Crippen molar-refractivity contribution in [3.05, 3.63) is 59.9 Å². The van der Waals surface area contributed by atoms with Gasteiger partial charge < -0.3 is 4.90 Å². The van der Waals surface area contributed by atoms with Crippen LogP contribution in [0.25, 0.3) is 11.1 Å². The van der Waals surface area contributed by atoms with Gasteiger partial charge in [0.2, 0.25) is 0 Å². The third kappa shape index (κ3) is 4.25. The predicted molar refractivity (Wildman–Crippen MR) is 110 cm³/mol. The second-order valence-corrected chi connectivity index (χ2v) is 8.70. The molecule has 144 valence electrons. The van der Waals surface area contributed by atoms with Crippen molar-refractivity contribution >= 4 is 0 Å². The highest BCUT2D eigenvalue weighted by molar-refractivity contribution is 5.67. The first-order valence-corrected chi connectivity index (χ1v) is 10.4. The molecule has 3 aliphatic heterocycles. The van der Waals surface area contributed by atoms with Crippen LogP contribution in [0.5, 0.6) is 0 Å². The zero-order valence-electron chi connectivity index (χ0n) is 16.6. The highest BCUT2D eigenvalue weighted by Gasteiger charge is 2.37. The van der Waals surface area contributed by atoms with Gasteiger partial charge in [-0.25, -0.2) is 4.39 Å². The molecule has 0 aromatic heterocycles. The Labute approximate surface area is 163 Å². The van der Waals surface area contributed by atoms with E-state index >= 15 is 0 Å². The SMILES string of the molecule is CC(C)CN(Cc1cc(F)ccc1-c1ccccc1)C1CN2CCC1CC2. The summed E-state index contributed by atoms with van der Waals surface area (Å²) in [5, 5.41) is 0. The Hall–Kier alpha value is -1.71. The minimum absolute atomic E-state index is 0.136. The lowest BCUT2D eigenvalue weighted by Crippen LogP contribution is -2.57. The minimum Gasteiger partial charge on any atom is -0.302 e. The second-order valence-electron chi connectivity index (χ2n) is 8.70. The fourth-order valence-corrected chi connectivity index (χ4v) is 4.94. The molecular weight excluding hydrogens is 335 g/mol. The molecule has 3 saturated heterocycles. The van der Waals surface area contributed by atoms with E-state index in [1.54, 1.807) is 12.1 Å². The molecule has 2 aromatic carbocycles. The molecule has 3 aliphatic rings. The third-order valence-electron chi connectivity index (χ3n) is 6.22. The zero-order valence-corrected chi connectivity index (χ0v) is 16.6. The monoisotopic (exact) mass is 366 g/mol.